The standard InChI is InChI=1S/C25H21Cl2N5O2S/c1-16-3-8-19(9-4-16)32-24(18-6-10-20(34-2)11-7-18)30-31-25(32)35-15-23(33)29-28-14-17-5-12-21(26)22(27)13-17/h3-14H,15H2,1-2H3,(H,29,33)/b28-14-. The smallest absolute Gasteiger partial charge is 0.250 e. The summed E-state index contributed by atoms with van der Waals surface area (Å²) in [6, 6.07) is 20.7. The molecule has 3 aromatic carbocycles. The van der Waals surface area contributed by atoms with Gasteiger partial charge in [0.15, 0.2) is 11.0 Å². The molecule has 1 aromatic heterocycles. The Morgan fingerprint density at radius 2 is 1.80 bits per heavy atom. The third-order valence-electron chi connectivity index (χ3n) is 4.95. The highest BCUT2D eigenvalue weighted by atomic mass is 35.5. The van der Waals surface area contributed by atoms with Crippen LogP contribution in [-0.2, 0) is 4.79 Å². The van der Waals surface area contributed by atoms with Crippen LogP contribution in [0.15, 0.2) is 77.0 Å². The molecule has 178 valence electrons. The van der Waals surface area contributed by atoms with E-state index in [1.807, 2.05) is 60.0 Å². The van der Waals surface area contributed by atoms with Gasteiger partial charge in [-0.15, -0.1) is 10.2 Å². The maximum absolute atomic E-state index is 12.4. The lowest BCUT2D eigenvalue weighted by Gasteiger charge is -2.11. The van der Waals surface area contributed by atoms with Gasteiger partial charge >= 0.3 is 0 Å². The first-order valence-corrected chi connectivity index (χ1v) is 12.3. The van der Waals surface area contributed by atoms with Gasteiger partial charge in [-0.05, 0) is 61.0 Å². The number of nitrogens with one attached hydrogen (secondary N) is 1. The van der Waals surface area contributed by atoms with Crippen molar-refractivity contribution in [3.63, 3.8) is 0 Å². The number of amides is 1. The minimum absolute atomic E-state index is 0.103. The van der Waals surface area contributed by atoms with Crippen LogP contribution in [0.25, 0.3) is 17.1 Å². The van der Waals surface area contributed by atoms with Crippen LogP contribution in [0.3, 0.4) is 0 Å². The van der Waals surface area contributed by atoms with Gasteiger partial charge in [-0.1, -0.05) is 58.7 Å². The molecular formula is C25H21Cl2N5O2S. The normalized spacial score (nSPS) is 11.1. The second kappa shape index (κ2) is 11.4. The van der Waals surface area contributed by atoms with E-state index in [1.165, 1.54) is 18.0 Å². The molecule has 0 spiro atoms. The molecule has 10 heteroatoms. The zero-order chi connectivity index (χ0) is 24.8. The van der Waals surface area contributed by atoms with Crippen LogP contribution in [0.5, 0.6) is 5.75 Å². The van der Waals surface area contributed by atoms with Crippen molar-refractivity contribution in [2.24, 2.45) is 5.10 Å². The van der Waals surface area contributed by atoms with Gasteiger partial charge in [-0.25, -0.2) is 5.43 Å². The monoisotopic (exact) mass is 525 g/mol. The molecule has 0 fully saturated rings. The Bertz CT molecular complexity index is 1360. The first-order valence-electron chi connectivity index (χ1n) is 10.5. The van der Waals surface area contributed by atoms with E-state index in [0.717, 1.165) is 28.1 Å². The largest absolute Gasteiger partial charge is 0.497 e. The predicted molar refractivity (Wildman–Crippen MR) is 141 cm³/mol. The molecule has 0 atom stereocenters. The Morgan fingerprint density at radius 3 is 2.49 bits per heavy atom. The number of aryl methyl sites for hydroxylation is 1. The van der Waals surface area contributed by atoms with Gasteiger partial charge < -0.3 is 4.74 Å². The van der Waals surface area contributed by atoms with E-state index in [1.54, 1.807) is 25.3 Å². The number of carbonyl (C=O) groups excluding carboxylic acids is 1. The lowest BCUT2D eigenvalue weighted by atomic mass is 10.2. The number of hydrogen-bond donors (Lipinski definition) is 1. The van der Waals surface area contributed by atoms with Crippen LogP contribution in [0.1, 0.15) is 11.1 Å². The SMILES string of the molecule is COc1ccc(-c2nnc(SCC(=O)N/N=C\c3ccc(Cl)c(Cl)c3)n2-c2ccc(C)cc2)cc1. The fourth-order valence-electron chi connectivity index (χ4n) is 3.15. The Kier molecular flexibility index (Phi) is 8.07. The Balaban J connectivity index is 1.51. The summed E-state index contributed by atoms with van der Waals surface area (Å²) >= 11 is 13.2. The molecule has 0 saturated carbocycles. The number of hydrogen-bond acceptors (Lipinski definition) is 6. The molecule has 0 unspecified atom stereocenters. The molecule has 4 rings (SSSR count). The van der Waals surface area contributed by atoms with Crippen LogP contribution in [0.4, 0.5) is 0 Å². The molecule has 0 aliphatic carbocycles. The third kappa shape index (κ3) is 6.22. The van der Waals surface area contributed by atoms with Crippen molar-refractivity contribution in [3.05, 3.63) is 87.9 Å². The Morgan fingerprint density at radius 1 is 1.06 bits per heavy atom. The van der Waals surface area contributed by atoms with Crippen molar-refractivity contribution in [3.8, 4) is 22.8 Å². The molecule has 7 nitrogen and oxygen atoms in total. The lowest BCUT2D eigenvalue weighted by Crippen LogP contribution is -2.20. The fraction of sp³-hybridized carbons (Fsp3) is 0.120. The molecule has 1 amide bonds. The van der Waals surface area contributed by atoms with E-state index in [4.69, 9.17) is 27.9 Å². The summed E-state index contributed by atoms with van der Waals surface area (Å²) in [5.74, 6) is 1.24. The van der Waals surface area contributed by atoms with Gasteiger partial charge in [-0.2, -0.15) is 5.10 Å². The minimum atomic E-state index is -0.282. The number of hydrazone groups is 1. The number of benzene rings is 3. The predicted octanol–water partition coefficient (Wildman–Crippen LogP) is 5.80. The molecule has 0 aliphatic heterocycles. The highest BCUT2D eigenvalue weighted by Gasteiger charge is 2.17. The number of nitrogens with zero attached hydrogens (tertiary/aromatic N) is 4. The zero-order valence-corrected chi connectivity index (χ0v) is 21.2. The number of rotatable bonds is 8. The summed E-state index contributed by atoms with van der Waals surface area (Å²) in [5, 5.41) is 14.2. The summed E-state index contributed by atoms with van der Waals surface area (Å²) in [7, 11) is 1.62. The quantitative estimate of drug-likeness (QED) is 0.178. The van der Waals surface area contributed by atoms with Crippen molar-refractivity contribution in [2.45, 2.75) is 12.1 Å². The van der Waals surface area contributed by atoms with Crippen molar-refractivity contribution in [2.75, 3.05) is 12.9 Å². The molecular weight excluding hydrogens is 505 g/mol. The molecule has 0 radical (unpaired) electrons. The summed E-state index contributed by atoms with van der Waals surface area (Å²) in [4.78, 5) is 12.4. The summed E-state index contributed by atoms with van der Waals surface area (Å²) in [6.07, 6.45) is 1.50. The second-order valence-electron chi connectivity index (χ2n) is 7.46. The van der Waals surface area contributed by atoms with Gasteiger partial charge in [0.2, 0.25) is 0 Å². The highest BCUT2D eigenvalue weighted by Crippen LogP contribution is 2.29. The maximum Gasteiger partial charge on any atom is 0.250 e. The summed E-state index contributed by atoms with van der Waals surface area (Å²) < 4.78 is 7.19. The van der Waals surface area contributed by atoms with E-state index < -0.39 is 0 Å². The summed E-state index contributed by atoms with van der Waals surface area (Å²) in [5.41, 5.74) is 6.15. The van der Waals surface area contributed by atoms with Crippen LogP contribution >= 0.6 is 35.0 Å². The number of ether oxygens (including phenoxy) is 1. The second-order valence-corrected chi connectivity index (χ2v) is 9.22. The van der Waals surface area contributed by atoms with Gasteiger partial charge in [0.25, 0.3) is 5.91 Å². The van der Waals surface area contributed by atoms with Crippen molar-refractivity contribution >= 4 is 47.1 Å². The average Bonchev–Trinajstić information content (AvgIpc) is 3.29. The Hall–Kier alpha value is -3.33. The minimum Gasteiger partial charge on any atom is -0.497 e. The number of thioether (sulfide) groups is 1. The summed E-state index contributed by atoms with van der Waals surface area (Å²) in [6.45, 7) is 2.03. The molecule has 1 heterocycles. The molecule has 0 saturated heterocycles. The first kappa shape index (κ1) is 24.8. The van der Waals surface area contributed by atoms with Gasteiger partial charge in [0.05, 0.1) is 29.1 Å². The number of carbonyl (C=O) groups is 1. The van der Waals surface area contributed by atoms with E-state index in [-0.39, 0.29) is 11.7 Å². The highest BCUT2D eigenvalue weighted by molar-refractivity contribution is 7.99. The van der Waals surface area contributed by atoms with Gasteiger partial charge in [-0.3, -0.25) is 9.36 Å². The number of aromatic nitrogens is 3. The van der Waals surface area contributed by atoms with E-state index in [2.05, 4.69) is 20.7 Å². The topological polar surface area (TPSA) is 81.4 Å². The zero-order valence-electron chi connectivity index (χ0n) is 18.9. The molecule has 35 heavy (non-hydrogen) atoms. The average molecular weight is 526 g/mol. The van der Waals surface area contributed by atoms with E-state index in [9.17, 15) is 4.79 Å². The van der Waals surface area contributed by atoms with Crippen molar-refractivity contribution in [1.82, 2.24) is 20.2 Å². The van der Waals surface area contributed by atoms with Crippen LogP contribution in [-0.4, -0.2) is 39.7 Å². The molecule has 0 bridgehead atoms. The maximum atomic E-state index is 12.4. The van der Waals surface area contributed by atoms with Gasteiger partial charge in [0, 0.05) is 11.3 Å². The van der Waals surface area contributed by atoms with Crippen molar-refractivity contribution in [1.29, 1.82) is 0 Å². The van der Waals surface area contributed by atoms with E-state index in [0.29, 0.717) is 21.0 Å². The Labute approximate surface area is 217 Å². The van der Waals surface area contributed by atoms with Crippen LogP contribution in [0.2, 0.25) is 10.0 Å². The van der Waals surface area contributed by atoms with Crippen LogP contribution < -0.4 is 10.2 Å². The first-order chi connectivity index (χ1) is 16.9. The molecule has 4 aromatic rings. The van der Waals surface area contributed by atoms with E-state index >= 15 is 0 Å². The molecule has 0 aliphatic rings. The van der Waals surface area contributed by atoms with Crippen molar-refractivity contribution < 1.29 is 9.53 Å². The van der Waals surface area contributed by atoms with Gasteiger partial charge in [0.1, 0.15) is 5.75 Å². The molecule has 1 N–H and O–H groups in total. The number of halogens is 2. The lowest BCUT2D eigenvalue weighted by molar-refractivity contribution is -0.118. The fourth-order valence-corrected chi connectivity index (χ4v) is 4.20. The third-order valence-corrected chi connectivity index (χ3v) is 6.62. The number of methoxy groups -OCH3 is 1. The van der Waals surface area contributed by atoms with Crippen LogP contribution in [0, 0.1) is 6.92 Å².